The predicted molar refractivity (Wildman–Crippen MR) is 68.3 cm³/mol. The fourth-order valence-electron chi connectivity index (χ4n) is 2.11. The van der Waals surface area contributed by atoms with E-state index in [4.69, 9.17) is 9.47 Å². The van der Waals surface area contributed by atoms with Crippen molar-refractivity contribution in [3.8, 4) is 5.75 Å². The standard InChI is InChI=1S/C14H21NO2/c1-16-14-7-5-12(6-8-14)10-17-11-13-4-2-3-9-15-13/h5-8,13,15H,2-4,9-11H2,1H3/t13-/m1/s1. The minimum absolute atomic E-state index is 0.544. The van der Waals surface area contributed by atoms with Gasteiger partial charge in [0.25, 0.3) is 0 Å². The number of benzene rings is 1. The highest BCUT2D eigenvalue weighted by Gasteiger charge is 2.11. The maximum Gasteiger partial charge on any atom is 0.118 e. The van der Waals surface area contributed by atoms with Gasteiger partial charge in [-0.15, -0.1) is 0 Å². The van der Waals surface area contributed by atoms with Gasteiger partial charge in [0.1, 0.15) is 5.75 Å². The van der Waals surface area contributed by atoms with Crippen molar-refractivity contribution in [3.05, 3.63) is 29.8 Å². The van der Waals surface area contributed by atoms with Crippen molar-refractivity contribution in [1.29, 1.82) is 0 Å². The van der Waals surface area contributed by atoms with E-state index >= 15 is 0 Å². The second-order valence-corrected chi connectivity index (χ2v) is 4.51. The van der Waals surface area contributed by atoms with Crippen LogP contribution in [0.5, 0.6) is 5.75 Å². The van der Waals surface area contributed by atoms with Gasteiger partial charge >= 0.3 is 0 Å². The van der Waals surface area contributed by atoms with Crippen LogP contribution in [-0.4, -0.2) is 26.3 Å². The third-order valence-corrected chi connectivity index (χ3v) is 3.16. The molecule has 0 spiro atoms. The molecule has 1 N–H and O–H groups in total. The Bertz CT molecular complexity index is 317. The summed E-state index contributed by atoms with van der Waals surface area (Å²) in [6.07, 6.45) is 3.86. The molecular weight excluding hydrogens is 214 g/mol. The Balaban J connectivity index is 1.69. The zero-order chi connectivity index (χ0) is 11.9. The summed E-state index contributed by atoms with van der Waals surface area (Å²) in [7, 11) is 1.68. The molecule has 1 fully saturated rings. The summed E-state index contributed by atoms with van der Waals surface area (Å²) in [4.78, 5) is 0. The minimum Gasteiger partial charge on any atom is -0.497 e. The van der Waals surface area contributed by atoms with E-state index in [0.29, 0.717) is 12.6 Å². The molecule has 0 aliphatic carbocycles. The van der Waals surface area contributed by atoms with Gasteiger partial charge in [0.15, 0.2) is 0 Å². The SMILES string of the molecule is COc1ccc(COC[C@H]2CCCCN2)cc1. The number of hydrogen-bond donors (Lipinski definition) is 1. The van der Waals surface area contributed by atoms with Crippen LogP contribution in [0, 0.1) is 0 Å². The Kier molecular flexibility index (Phi) is 4.83. The molecule has 17 heavy (non-hydrogen) atoms. The van der Waals surface area contributed by atoms with Crippen LogP contribution < -0.4 is 10.1 Å². The van der Waals surface area contributed by atoms with Gasteiger partial charge in [-0.05, 0) is 37.1 Å². The molecule has 1 aliphatic rings. The third kappa shape index (κ3) is 4.02. The first-order valence-corrected chi connectivity index (χ1v) is 6.32. The topological polar surface area (TPSA) is 30.5 Å². The zero-order valence-corrected chi connectivity index (χ0v) is 10.4. The highest BCUT2D eigenvalue weighted by molar-refractivity contribution is 5.26. The molecule has 1 saturated heterocycles. The van der Waals surface area contributed by atoms with Gasteiger partial charge in [-0.3, -0.25) is 0 Å². The van der Waals surface area contributed by atoms with Crippen LogP contribution in [0.15, 0.2) is 24.3 Å². The molecule has 1 aromatic carbocycles. The molecule has 1 heterocycles. The molecule has 1 atom stereocenters. The first-order chi connectivity index (χ1) is 8.38. The van der Waals surface area contributed by atoms with E-state index in [-0.39, 0.29) is 0 Å². The molecular formula is C14H21NO2. The van der Waals surface area contributed by atoms with Crippen LogP contribution in [0.25, 0.3) is 0 Å². The largest absolute Gasteiger partial charge is 0.497 e. The smallest absolute Gasteiger partial charge is 0.118 e. The van der Waals surface area contributed by atoms with Gasteiger partial charge in [-0.25, -0.2) is 0 Å². The summed E-state index contributed by atoms with van der Waals surface area (Å²) < 4.78 is 10.8. The van der Waals surface area contributed by atoms with Crippen molar-refractivity contribution in [2.75, 3.05) is 20.3 Å². The zero-order valence-electron chi connectivity index (χ0n) is 10.4. The fraction of sp³-hybridized carbons (Fsp3) is 0.571. The van der Waals surface area contributed by atoms with E-state index in [1.807, 2.05) is 24.3 Å². The van der Waals surface area contributed by atoms with Gasteiger partial charge in [0, 0.05) is 6.04 Å². The second kappa shape index (κ2) is 6.62. The highest BCUT2D eigenvalue weighted by Crippen LogP contribution is 2.13. The summed E-state index contributed by atoms with van der Waals surface area (Å²) in [5.41, 5.74) is 1.20. The van der Waals surface area contributed by atoms with Crippen molar-refractivity contribution in [2.24, 2.45) is 0 Å². The predicted octanol–water partition coefficient (Wildman–Crippen LogP) is 2.35. The number of rotatable bonds is 5. The van der Waals surface area contributed by atoms with Crippen LogP contribution in [0.2, 0.25) is 0 Å². The lowest BCUT2D eigenvalue weighted by Crippen LogP contribution is -2.37. The van der Waals surface area contributed by atoms with Crippen molar-refractivity contribution in [3.63, 3.8) is 0 Å². The van der Waals surface area contributed by atoms with E-state index in [2.05, 4.69) is 5.32 Å². The molecule has 0 amide bonds. The van der Waals surface area contributed by atoms with Crippen LogP contribution in [0.1, 0.15) is 24.8 Å². The van der Waals surface area contributed by atoms with Gasteiger partial charge in [0.2, 0.25) is 0 Å². The van der Waals surface area contributed by atoms with Crippen LogP contribution in [0.4, 0.5) is 0 Å². The first-order valence-electron chi connectivity index (χ1n) is 6.32. The van der Waals surface area contributed by atoms with Crippen molar-refractivity contribution in [1.82, 2.24) is 5.32 Å². The lowest BCUT2D eigenvalue weighted by Gasteiger charge is -2.23. The molecule has 0 saturated carbocycles. The first kappa shape index (κ1) is 12.4. The molecule has 1 aliphatic heterocycles. The monoisotopic (exact) mass is 235 g/mol. The fourth-order valence-corrected chi connectivity index (χ4v) is 2.11. The van der Waals surface area contributed by atoms with Crippen molar-refractivity contribution in [2.45, 2.75) is 31.9 Å². The number of ether oxygens (including phenoxy) is 2. The van der Waals surface area contributed by atoms with Gasteiger partial charge < -0.3 is 14.8 Å². The van der Waals surface area contributed by atoms with E-state index in [1.54, 1.807) is 7.11 Å². The molecule has 0 radical (unpaired) electrons. The van der Waals surface area contributed by atoms with Crippen LogP contribution in [0.3, 0.4) is 0 Å². The van der Waals surface area contributed by atoms with E-state index in [0.717, 1.165) is 18.9 Å². The molecule has 3 nitrogen and oxygen atoms in total. The normalized spacial score (nSPS) is 20.2. The summed E-state index contributed by atoms with van der Waals surface area (Å²) in [6, 6.07) is 8.58. The molecule has 0 aromatic heterocycles. The maximum absolute atomic E-state index is 5.73. The molecule has 0 unspecified atom stereocenters. The second-order valence-electron chi connectivity index (χ2n) is 4.51. The van der Waals surface area contributed by atoms with E-state index < -0.39 is 0 Å². The van der Waals surface area contributed by atoms with E-state index in [9.17, 15) is 0 Å². The average molecular weight is 235 g/mol. The van der Waals surface area contributed by atoms with Gasteiger partial charge in [0.05, 0.1) is 20.3 Å². The number of hydrogen-bond acceptors (Lipinski definition) is 3. The lowest BCUT2D eigenvalue weighted by molar-refractivity contribution is 0.0911. The van der Waals surface area contributed by atoms with Crippen molar-refractivity contribution < 1.29 is 9.47 Å². The summed E-state index contributed by atoms with van der Waals surface area (Å²) in [5.74, 6) is 0.891. The summed E-state index contributed by atoms with van der Waals surface area (Å²) in [5, 5.41) is 3.48. The molecule has 94 valence electrons. The van der Waals surface area contributed by atoms with Crippen LogP contribution in [-0.2, 0) is 11.3 Å². The molecule has 2 rings (SSSR count). The quantitative estimate of drug-likeness (QED) is 0.850. The minimum atomic E-state index is 0.544. The summed E-state index contributed by atoms with van der Waals surface area (Å²) >= 11 is 0. The summed E-state index contributed by atoms with van der Waals surface area (Å²) in [6.45, 7) is 2.63. The average Bonchev–Trinajstić information content (AvgIpc) is 2.41. The van der Waals surface area contributed by atoms with Gasteiger partial charge in [-0.2, -0.15) is 0 Å². The maximum atomic E-state index is 5.73. The van der Waals surface area contributed by atoms with Crippen LogP contribution >= 0.6 is 0 Å². The van der Waals surface area contributed by atoms with Gasteiger partial charge in [-0.1, -0.05) is 18.6 Å². The highest BCUT2D eigenvalue weighted by atomic mass is 16.5. The Morgan fingerprint density at radius 1 is 1.24 bits per heavy atom. The van der Waals surface area contributed by atoms with E-state index in [1.165, 1.54) is 24.8 Å². The lowest BCUT2D eigenvalue weighted by atomic mass is 10.1. The number of methoxy groups -OCH3 is 1. The molecule has 0 bridgehead atoms. The number of piperidine rings is 1. The Hall–Kier alpha value is -1.06. The molecule has 3 heteroatoms. The van der Waals surface area contributed by atoms with Crippen molar-refractivity contribution >= 4 is 0 Å². The Morgan fingerprint density at radius 2 is 2.06 bits per heavy atom. The Labute approximate surface area is 103 Å². The number of nitrogens with one attached hydrogen (secondary N) is 1. The third-order valence-electron chi connectivity index (χ3n) is 3.16. The Morgan fingerprint density at radius 3 is 2.71 bits per heavy atom. The molecule has 1 aromatic rings.